The number of benzene rings is 3. The normalized spacial score (nSPS) is 18.0. The van der Waals surface area contributed by atoms with Crippen LogP contribution in [0.15, 0.2) is 102 Å². The molecular formula is C44H48N10O5. The summed E-state index contributed by atoms with van der Waals surface area (Å²) in [5.74, 6) is 2.39. The quantitative estimate of drug-likeness (QED) is 0.160. The molecule has 0 saturated carbocycles. The second-order valence-corrected chi connectivity index (χ2v) is 15.5. The van der Waals surface area contributed by atoms with Gasteiger partial charge in [0.15, 0.2) is 5.65 Å². The molecule has 15 heteroatoms. The fourth-order valence-corrected chi connectivity index (χ4v) is 8.36. The SMILES string of the molecule is Nc1ncnc2c1c(-c1ccc(Oc3ccccc3)cc1)nn2[C@@H]1CCCN(C(=O)c2cnc(N3CCC(CN4CCN(C(=O)OCc5ccccc5)CC4)CC3)o2)C1. The predicted octanol–water partition coefficient (Wildman–Crippen LogP) is 6.50. The van der Waals surface area contributed by atoms with Crippen LogP contribution in [-0.2, 0) is 11.3 Å². The van der Waals surface area contributed by atoms with E-state index < -0.39 is 0 Å². The standard InChI is InChI=1S/C44H48N10O5/c45-40-38-39(33-13-15-36(16-14-33)58-35-11-5-2-6-12-35)49-54(41(38)48-30-47-40)34-10-7-19-53(28-34)42(55)37-26-46-43(59-37)51-20-17-31(18-21-51)27-50-22-24-52(25-23-50)44(56)57-29-32-8-3-1-4-9-32/h1-6,8-9,11-16,26,30-31,34H,7,10,17-25,27-29H2,(H2,45,47,48)/t34-/m1/s1. The van der Waals surface area contributed by atoms with E-state index in [1.807, 2.05) is 94.5 Å². The van der Waals surface area contributed by atoms with Crippen molar-refractivity contribution in [2.75, 3.05) is 69.5 Å². The average molecular weight is 797 g/mol. The first-order valence-electron chi connectivity index (χ1n) is 20.5. The van der Waals surface area contributed by atoms with Crippen LogP contribution in [0, 0.1) is 5.92 Å². The molecule has 2 amide bonds. The van der Waals surface area contributed by atoms with Crippen molar-refractivity contribution in [1.82, 2.24) is 39.4 Å². The van der Waals surface area contributed by atoms with E-state index in [4.69, 9.17) is 24.7 Å². The van der Waals surface area contributed by atoms with Crippen LogP contribution in [0.4, 0.5) is 16.6 Å². The van der Waals surface area contributed by atoms with Gasteiger partial charge in [-0.1, -0.05) is 48.5 Å². The van der Waals surface area contributed by atoms with Gasteiger partial charge in [0.2, 0.25) is 5.76 Å². The highest BCUT2D eigenvalue weighted by Gasteiger charge is 2.32. The lowest BCUT2D eigenvalue weighted by Gasteiger charge is -2.38. The zero-order valence-corrected chi connectivity index (χ0v) is 32.9. The molecule has 0 spiro atoms. The van der Waals surface area contributed by atoms with Crippen LogP contribution in [-0.4, -0.2) is 110 Å². The molecule has 0 radical (unpaired) electrons. The van der Waals surface area contributed by atoms with E-state index in [9.17, 15) is 9.59 Å². The second kappa shape index (κ2) is 17.2. The fourth-order valence-electron chi connectivity index (χ4n) is 8.36. The van der Waals surface area contributed by atoms with Gasteiger partial charge in [-0.3, -0.25) is 9.69 Å². The Morgan fingerprint density at radius 3 is 2.27 bits per heavy atom. The summed E-state index contributed by atoms with van der Waals surface area (Å²) >= 11 is 0. The number of ether oxygens (including phenoxy) is 2. The van der Waals surface area contributed by atoms with E-state index in [0.29, 0.717) is 73.0 Å². The van der Waals surface area contributed by atoms with E-state index in [0.717, 1.165) is 75.3 Å². The minimum Gasteiger partial charge on any atom is -0.457 e. The Kier molecular flexibility index (Phi) is 11.1. The average Bonchev–Trinajstić information content (AvgIpc) is 3.94. The Morgan fingerprint density at radius 2 is 1.51 bits per heavy atom. The number of likely N-dealkylation sites (tertiary alicyclic amines) is 1. The molecule has 3 fully saturated rings. The number of amides is 2. The number of piperidine rings is 2. The van der Waals surface area contributed by atoms with Crippen molar-refractivity contribution in [2.24, 2.45) is 5.92 Å². The molecular weight excluding hydrogens is 749 g/mol. The molecule has 3 saturated heterocycles. The van der Waals surface area contributed by atoms with Crippen molar-refractivity contribution in [2.45, 2.75) is 38.3 Å². The Morgan fingerprint density at radius 1 is 0.780 bits per heavy atom. The Labute approximate surface area is 342 Å². The molecule has 59 heavy (non-hydrogen) atoms. The molecule has 3 aromatic carbocycles. The van der Waals surface area contributed by atoms with Crippen LogP contribution in [0.25, 0.3) is 22.3 Å². The zero-order chi connectivity index (χ0) is 40.1. The minimum absolute atomic E-state index is 0.128. The van der Waals surface area contributed by atoms with Crippen molar-refractivity contribution in [3.8, 4) is 22.8 Å². The van der Waals surface area contributed by atoms with E-state index >= 15 is 0 Å². The van der Waals surface area contributed by atoms with Crippen LogP contribution in [0.1, 0.15) is 47.8 Å². The number of carbonyl (C=O) groups excluding carboxylic acids is 2. The maximum absolute atomic E-state index is 13.9. The van der Waals surface area contributed by atoms with Crippen molar-refractivity contribution in [3.63, 3.8) is 0 Å². The van der Waals surface area contributed by atoms with Crippen molar-refractivity contribution < 1.29 is 23.5 Å². The van der Waals surface area contributed by atoms with Gasteiger partial charge >= 0.3 is 6.09 Å². The van der Waals surface area contributed by atoms with Gasteiger partial charge < -0.3 is 34.3 Å². The third-order valence-corrected chi connectivity index (χ3v) is 11.6. The van der Waals surface area contributed by atoms with E-state index in [2.05, 4.69) is 24.8 Å². The first kappa shape index (κ1) is 38.1. The number of anilines is 2. The number of aromatic nitrogens is 5. The van der Waals surface area contributed by atoms with Crippen LogP contribution < -0.4 is 15.4 Å². The molecule has 0 aliphatic carbocycles. The summed E-state index contributed by atoms with van der Waals surface area (Å²) in [4.78, 5) is 48.1. The second-order valence-electron chi connectivity index (χ2n) is 15.5. The molecule has 3 aliphatic heterocycles. The Bertz CT molecular complexity index is 2350. The number of oxazole rings is 1. The van der Waals surface area contributed by atoms with Crippen LogP contribution in [0.2, 0.25) is 0 Å². The number of fused-ring (bicyclic) bond motifs is 1. The largest absolute Gasteiger partial charge is 0.457 e. The first-order valence-corrected chi connectivity index (χ1v) is 20.5. The van der Waals surface area contributed by atoms with E-state index in [-0.39, 0.29) is 23.8 Å². The number of hydrogen-bond donors (Lipinski definition) is 1. The topological polar surface area (TPSA) is 161 Å². The highest BCUT2D eigenvalue weighted by Crippen LogP contribution is 2.35. The lowest BCUT2D eigenvalue weighted by molar-refractivity contribution is 0.0640. The van der Waals surface area contributed by atoms with Gasteiger partial charge in [-0.05, 0) is 73.6 Å². The van der Waals surface area contributed by atoms with Gasteiger partial charge in [-0.25, -0.2) is 24.4 Å². The Hall–Kier alpha value is -6.48. The van der Waals surface area contributed by atoms with E-state index in [1.165, 1.54) is 6.33 Å². The van der Waals surface area contributed by atoms with Gasteiger partial charge in [0.25, 0.3) is 11.9 Å². The van der Waals surface area contributed by atoms with Crippen LogP contribution in [0.5, 0.6) is 11.5 Å². The van der Waals surface area contributed by atoms with Gasteiger partial charge in [-0.15, -0.1) is 0 Å². The number of nitrogens with two attached hydrogens (primary N) is 1. The third-order valence-electron chi connectivity index (χ3n) is 11.6. The van der Waals surface area contributed by atoms with Gasteiger partial charge in [0.1, 0.15) is 35.9 Å². The molecule has 3 aromatic heterocycles. The first-order chi connectivity index (χ1) is 28.9. The zero-order valence-electron chi connectivity index (χ0n) is 32.9. The summed E-state index contributed by atoms with van der Waals surface area (Å²) in [6.07, 6.45) is 6.37. The van der Waals surface area contributed by atoms with Crippen molar-refractivity contribution >= 4 is 34.9 Å². The van der Waals surface area contributed by atoms with Gasteiger partial charge in [-0.2, -0.15) is 5.10 Å². The molecule has 2 N–H and O–H groups in total. The number of rotatable bonds is 10. The lowest BCUT2D eigenvalue weighted by atomic mass is 9.96. The highest BCUT2D eigenvalue weighted by atomic mass is 16.6. The maximum Gasteiger partial charge on any atom is 0.410 e. The molecule has 1 atom stereocenters. The number of piperazine rings is 1. The number of hydrogen-bond acceptors (Lipinski definition) is 12. The molecule has 3 aliphatic rings. The van der Waals surface area contributed by atoms with Crippen molar-refractivity contribution in [1.29, 1.82) is 0 Å². The summed E-state index contributed by atoms with van der Waals surface area (Å²) in [5, 5.41) is 5.72. The summed E-state index contributed by atoms with van der Waals surface area (Å²) in [6, 6.07) is 27.5. The molecule has 0 unspecified atom stereocenters. The molecule has 0 bridgehead atoms. The van der Waals surface area contributed by atoms with Crippen LogP contribution in [0.3, 0.4) is 0 Å². The minimum atomic E-state index is -0.250. The summed E-state index contributed by atoms with van der Waals surface area (Å²) in [7, 11) is 0. The van der Waals surface area contributed by atoms with E-state index in [1.54, 1.807) is 11.1 Å². The number of carbonyl (C=O) groups is 2. The monoisotopic (exact) mass is 796 g/mol. The fraction of sp³-hybridized carbons (Fsp3) is 0.364. The molecule has 6 heterocycles. The van der Waals surface area contributed by atoms with Crippen LogP contribution >= 0.6 is 0 Å². The molecule has 9 rings (SSSR count). The van der Waals surface area contributed by atoms with Gasteiger partial charge in [0, 0.05) is 64.5 Å². The third kappa shape index (κ3) is 8.56. The van der Waals surface area contributed by atoms with Gasteiger partial charge in [0.05, 0.1) is 17.6 Å². The predicted molar refractivity (Wildman–Crippen MR) is 222 cm³/mol. The maximum atomic E-state index is 13.9. The molecule has 15 nitrogen and oxygen atoms in total. The summed E-state index contributed by atoms with van der Waals surface area (Å²) in [6.45, 7) is 6.94. The molecule has 6 aromatic rings. The molecule has 304 valence electrons. The highest BCUT2D eigenvalue weighted by molar-refractivity contribution is 5.98. The smallest absolute Gasteiger partial charge is 0.410 e. The number of nitrogens with zero attached hydrogens (tertiary/aromatic N) is 9. The number of nitrogen functional groups attached to an aromatic ring is 1. The summed E-state index contributed by atoms with van der Waals surface area (Å²) in [5.41, 5.74) is 9.58. The Balaban J connectivity index is 0.783. The van der Waals surface area contributed by atoms with Crippen molar-refractivity contribution in [3.05, 3.63) is 109 Å². The summed E-state index contributed by atoms with van der Waals surface area (Å²) < 4.78 is 19.6. The number of para-hydroxylation sites is 1. The lowest BCUT2D eigenvalue weighted by Crippen LogP contribution is -2.50.